The van der Waals surface area contributed by atoms with E-state index in [1.165, 1.54) is 11.8 Å². The Bertz CT molecular complexity index is 308. The SMILES string of the molecule is CSc1nc(NN)cc(NCCN(C)C)n1. The van der Waals surface area contributed by atoms with E-state index in [4.69, 9.17) is 5.84 Å². The van der Waals surface area contributed by atoms with E-state index in [9.17, 15) is 0 Å². The molecule has 6 nitrogen and oxygen atoms in total. The Morgan fingerprint density at radius 1 is 1.38 bits per heavy atom. The Hall–Kier alpha value is -1.05. The van der Waals surface area contributed by atoms with Crippen LogP contribution in [0, 0.1) is 0 Å². The number of aromatic nitrogens is 2. The van der Waals surface area contributed by atoms with Crippen LogP contribution in [0.3, 0.4) is 0 Å². The van der Waals surface area contributed by atoms with Crippen molar-refractivity contribution in [3.63, 3.8) is 0 Å². The van der Waals surface area contributed by atoms with Crippen molar-refractivity contribution in [1.82, 2.24) is 14.9 Å². The van der Waals surface area contributed by atoms with E-state index >= 15 is 0 Å². The number of hydrazine groups is 1. The van der Waals surface area contributed by atoms with E-state index in [1.807, 2.05) is 20.4 Å². The minimum atomic E-state index is 0.617. The third-order valence-corrected chi connectivity index (χ3v) is 2.45. The highest BCUT2D eigenvalue weighted by Gasteiger charge is 2.02. The first-order valence-electron chi connectivity index (χ1n) is 4.94. The van der Waals surface area contributed by atoms with Gasteiger partial charge in [0.2, 0.25) is 0 Å². The Balaban J connectivity index is 2.64. The smallest absolute Gasteiger partial charge is 0.191 e. The summed E-state index contributed by atoms with van der Waals surface area (Å²) in [4.78, 5) is 10.6. The summed E-state index contributed by atoms with van der Waals surface area (Å²) in [7, 11) is 4.06. The summed E-state index contributed by atoms with van der Waals surface area (Å²) < 4.78 is 0. The van der Waals surface area contributed by atoms with E-state index in [0.717, 1.165) is 18.9 Å². The van der Waals surface area contributed by atoms with Crippen LogP contribution in [0.25, 0.3) is 0 Å². The monoisotopic (exact) mass is 242 g/mol. The minimum absolute atomic E-state index is 0.617. The summed E-state index contributed by atoms with van der Waals surface area (Å²) in [5.41, 5.74) is 2.53. The number of rotatable bonds is 6. The molecule has 0 aliphatic rings. The third-order valence-electron chi connectivity index (χ3n) is 1.90. The molecule has 0 unspecified atom stereocenters. The van der Waals surface area contributed by atoms with Gasteiger partial charge in [0.1, 0.15) is 11.6 Å². The molecule has 1 aromatic rings. The quantitative estimate of drug-likeness (QED) is 0.289. The molecule has 1 heterocycles. The molecule has 0 amide bonds. The van der Waals surface area contributed by atoms with Crippen molar-refractivity contribution in [2.45, 2.75) is 5.16 Å². The topological polar surface area (TPSA) is 79.1 Å². The normalized spacial score (nSPS) is 10.6. The maximum atomic E-state index is 5.33. The van der Waals surface area contributed by atoms with Crippen LogP contribution >= 0.6 is 11.8 Å². The molecular weight excluding hydrogens is 224 g/mol. The Labute approximate surface area is 100.0 Å². The summed E-state index contributed by atoms with van der Waals surface area (Å²) >= 11 is 1.48. The van der Waals surface area contributed by atoms with Crippen LogP contribution in [0.1, 0.15) is 0 Å². The van der Waals surface area contributed by atoms with Crippen molar-refractivity contribution < 1.29 is 0 Å². The van der Waals surface area contributed by atoms with Gasteiger partial charge >= 0.3 is 0 Å². The van der Waals surface area contributed by atoms with Crippen molar-refractivity contribution in [3.8, 4) is 0 Å². The first-order valence-corrected chi connectivity index (χ1v) is 6.16. The highest BCUT2D eigenvalue weighted by atomic mass is 32.2. The van der Waals surface area contributed by atoms with E-state index in [1.54, 1.807) is 6.07 Å². The molecule has 0 saturated carbocycles. The average molecular weight is 242 g/mol. The van der Waals surface area contributed by atoms with E-state index in [2.05, 4.69) is 25.6 Å². The Morgan fingerprint density at radius 3 is 2.62 bits per heavy atom. The van der Waals surface area contributed by atoms with Crippen LogP contribution in [0.15, 0.2) is 11.2 Å². The van der Waals surface area contributed by atoms with Gasteiger partial charge < -0.3 is 15.6 Å². The van der Waals surface area contributed by atoms with Gasteiger partial charge in [-0.25, -0.2) is 15.8 Å². The first kappa shape index (κ1) is 13.0. The lowest BCUT2D eigenvalue weighted by Crippen LogP contribution is -2.21. The largest absolute Gasteiger partial charge is 0.369 e. The van der Waals surface area contributed by atoms with Crippen LogP contribution in [0.4, 0.5) is 11.6 Å². The van der Waals surface area contributed by atoms with Gasteiger partial charge in [0.15, 0.2) is 5.16 Å². The lowest BCUT2D eigenvalue weighted by Gasteiger charge is -2.11. The van der Waals surface area contributed by atoms with Gasteiger partial charge in [-0.15, -0.1) is 0 Å². The molecule has 0 radical (unpaired) electrons. The van der Waals surface area contributed by atoms with Gasteiger partial charge in [-0.05, 0) is 20.4 Å². The number of hydrogen-bond acceptors (Lipinski definition) is 7. The van der Waals surface area contributed by atoms with Gasteiger partial charge in [0.05, 0.1) is 0 Å². The van der Waals surface area contributed by atoms with Crippen LogP contribution in [0.2, 0.25) is 0 Å². The number of nitrogens with one attached hydrogen (secondary N) is 2. The predicted molar refractivity (Wildman–Crippen MR) is 68.7 cm³/mol. The van der Waals surface area contributed by atoms with Gasteiger partial charge in [-0.2, -0.15) is 0 Å². The lowest BCUT2D eigenvalue weighted by atomic mass is 10.5. The molecule has 1 aromatic heterocycles. The summed E-state index contributed by atoms with van der Waals surface area (Å²) in [5, 5.41) is 3.92. The fourth-order valence-corrected chi connectivity index (χ4v) is 1.47. The van der Waals surface area contributed by atoms with Crippen LogP contribution in [-0.4, -0.2) is 48.3 Å². The van der Waals surface area contributed by atoms with Crippen LogP contribution in [0.5, 0.6) is 0 Å². The van der Waals surface area contributed by atoms with Crippen molar-refractivity contribution >= 4 is 23.4 Å². The number of nitrogens with two attached hydrogens (primary N) is 1. The van der Waals surface area contributed by atoms with Crippen molar-refractivity contribution in [2.24, 2.45) is 5.84 Å². The van der Waals surface area contributed by atoms with Gasteiger partial charge in [0.25, 0.3) is 0 Å². The lowest BCUT2D eigenvalue weighted by molar-refractivity contribution is 0.425. The van der Waals surface area contributed by atoms with Crippen LogP contribution < -0.4 is 16.6 Å². The van der Waals surface area contributed by atoms with E-state index in [-0.39, 0.29) is 0 Å². The van der Waals surface area contributed by atoms with Gasteiger partial charge in [-0.1, -0.05) is 11.8 Å². The molecule has 0 bridgehead atoms. The van der Waals surface area contributed by atoms with Crippen LogP contribution in [-0.2, 0) is 0 Å². The van der Waals surface area contributed by atoms with Gasteiger partial charge in [-0.3, -0.25) is 0 Å². The number of anilines is 2. The number of thioether (sulfide) groups is 1. The molecule has 0 aliphatic carbocycles. The van der Waals surface area contributed by atoms with Crippen molar-refractivity contribution in [2.75, 3.05) is 44.2 Å². The third kappa shape index (κ3) is 4.21. The molecule has 0 spiro atoms. The highest BCUT2D eigenvalue weighted by Crippen LogP contribution is 2.16. The predicted octanol–water partition coefficient (Wildman–Crippen LogP) is 0.458. The summed E-state index contributed by atoms with van der Waals surface area (Å²) in [6, 6.07) is 1.79. The molecule has 90 valence electrons. The molecule has 0 atom stereocenters. The van der Waals surface area contributed by atoms with Crippen molar-refractivity contribution in [3.05, 3.63) is 6.07 Å². The average Bonchev–Trinajstić information content (AvgIpc) is 2.28. The Kier molecular flexibility index (Phi) is 5.30. The minimum Gasteiger partial charge on any atom is -0.369 e. The zero-order chi connectivity index (χ0) is 12.0. The molecular formula is C9H18N6S. The molecule has 7 heteroatoms. The Morgan fingerprint density at radius 2 is 2.06 bits per heavy atom. The summed E-state index contributed by atoms with van der Waals surface area (Å²) in [6.07, 6.45) is 1.93. The maximum absolute atomic E-state index is 5.33. The molecule has 0 aromatic carbocycles. The zero-order valence-corrected chi connectivity index (χ0v) is 10.6. The molecule has 16 heavy (non-hydrogen) atoms. The first-order chi connectivity index (χ1) is 7.65. The molecule has 4 N–H and O–H groups in total. The molecule has 0 aliphatic heterocycles. The van der Waals surface area contributed by atoms with E-state index < -0.39 is 0 Å². The highest BCUT2D eigenvalue weighted by molar-refractivity contribution is 7.98. The van der Waals surface area contributed by atoms with E-state index in [0.29, 0.717) is 11.0 Å². The number of nitrogens with zero attached hydrogens (tertiary/aromatic N) is 3. The summed E-state index contributed by atoms with van der Waals surface area (Å²) in [5.74, 6) is 6.74. The molecule has 0 saturated heterocycles. The zero-order valence-electron chi connectivity index (χ0n) is 9.82. The molecule has 0 fully saturated rings. The number of likely N-dealkylation sites (N-methyl/N-ethyl adjacent to an activating group) is 1. The second-order valence-corrected chi connectivity index (χ2v) is 4.27. The fourth-order valence-electron chi connectivity index (χ4n) is 1.09. The fraction of sp³-hybridized carbons (Fsp3) is 0.556. The summed E-state index contributed by atoms with van der Waals surface area (Å²) in [6.45, 7) is 1.78. The second kappa shape index (κ2) is 6.51. The maximum Gasteiger partial charge on any atom is 0.191 e. The number of hydrogen-bond donors (Lipinski definition) is 3. The standard InChI is InChI=1S/C9H18N6S/c1-15(2)5-4-11-7-6-8(14-10)13-9(12-7)16-3/h6H,4-5,10H2,1-3H3,(H2,11,12,13,14). The number of nitrogen functional groups attached to an aromatic ring is 1. The van der Waals surface area contributed by atoms with Gasteiger partial charge in [0, 0.05) is 19.2 Å². The molecule has 1 rings (SSSR count). The van der Waals surface area contributed by atoms with Crippen molar-refractivity contribution in [1.29, 1.82) is 0 Å². The second-order valence-electron chi connectivity index (χ2n) is 3.50.